The van der Waals surface area contributed by atoms with Crippen LogP contribution in [0.3, 0.4) is 0 Å². The topological polar surface area (TPSA) is 20.7 Å². The Morgan fingerprint density at radius 2 is 1.89 bits per heavy atom. The van der Waals surface area contributed by atoms with Crippen molar-refractivity contribution < 1.29 is 0 Å². The average Bonchev–Trinajstić information content (AvgIpc) is 2.69. The quantitative estimate of drug-likeness (QED) is 0.631. The molecule has 0 saturated heterocycles. The Morgan fingerprint density at radius 3 is 2.63 bits per heavy atom. The van der Waals surface area contributed by atoms with E-state index >= 15 is 0 Å². The van der Waals surface area contributed by atoms with Crippen molar-refractivity contribution in [3.8, 4) is 0 Å². The number of H-pyrrole nitrogens is 1. The van der Waals surface area contributed by atoms with Gasteiger partial charge < -0.3 is 9.55 Å². The molecule has 0 aliphatic carbocycles. The number of aromatic amines is 1. The van der Waals surface area contributed by atoms with Crippen molar-refractivity contribution in [3.05, 3.63) is 62.3 Å². The molecule has 5 heteroatoms. The van der Waals surface area contributed by atoms with Gasteiger partial charge in [-0.1, -0.05) is 39.7 Å². The van der Waals surface area contributed by atoms with Gasteiger partial charge >= 0.3 is 0 Å². The third kappa shape index (κ3) is 2.61. The van der Waals surface area contributed by atoms with E-state index in [1.807, 2.05) is 30.3 Å². The van der Waals surface area contributed by atoms with E-state index in [0.29, 0.717) is 9.79 Å². The van der Waals surface area contributed by atoms with Gasteiger partial charge in [-0.25, -0.2) is 0 Å². The number of nitrogens with one attached hydrogen (secondary N) is 1. The second-order valence-corrected chi connectivity index (χ2v) is 6.04. The van der Waals surface area contributed by atoms with Gasteiger partial charge in [-0.2, -0.15) is 0 Å². The summed E-state index contributed by atoms with van der Waals surface area (Å²) in [5.74, 6) is 0. The Balaban J connectivity index is 2.09. The fourth-order valence-corrected chi connectivity index (χ4v) is 2.76. The van der Waals surface area contributed by atoms with Gasteiger partial charge in [0.15, 0.2) is 4.77 Å². The number of benzene rings is 2. The lowest BCUT2D eigenvalue weighted by Gasteiger charge is -2.05. The van der Waals surface area contributed by atoms with Crippen LogP contribution in [0.25, 0.3) is 11.0 Å². The molecule has 19 heavy (non-hydrogen) atoms. The predicted molar refractivity (Wildman–Crippen MR) is 85.4 cm³/mol. The molecule has 1 heterocycles. The largest absolute Gasteiger partial charge is 0.331 e. The smallest absolute Gasteiger partial charge is 0.178 e. The number of fused-ring (bicyclic) bond motifs is 1. The molecule has 0 bridgehead atoms. The van der Waals surface area contributed by atoms with Crippen LogP contribution in [0.4, 0.5) is 0 Å². The van der Waals surface area contributed by atoms with E-state index in [1.165, 1.54) is 5.56 Å². The minimum Gasteiger partial charge on any atom is -0.331 e. The SMILES string of the molecule is S=c1[nH]c2ccc(Cl)cc2n1Cc1ccc(Br)cc1. The molecule has 2 nitrogen and oxygen atoms in total. The van der Waals surface area contributed by atoms with Gasteiger partial charge in [0.05, 0.1) is 17.6 Å². The molecule has 0 aliphatic rings. The summed E-state index contributed by atoms with van der Waals surface area (Å²) in [4.78, 5) is 3.20. The molecule has 2 aromatic carbocycles. The van der Waals surface area contributed by atoms with E-state index in [-0.39, 0.29) is 0 Å². The first-order chi connectivity index (χ1) is 9.13. The molecule has 96 valence electrons. The van der Waals surface area contributed by atoms with Crippen molar-refractivity contribution >= 4 is 50.8 Å². The lowest BCUT2D eigenvalue weighted by molar-refractivity contribution is 0.810. The second-order valence-electron chi connectivity index (χ2n) is 4.30. The number of halogens is 2. The highest BCUT2D eigenvalue weighted by molar-refractivity contribution is 9.10. The van der Waals surface area contributed by atoms with Gasteiger partial charge in [0, 0.05) is 9.50 Å². The van der Waals surface area contributed by atoms with Gasteiger partial charge in [0.2, 0.25) is 0 Å². The summed E-state index contributed by atoms with van der Waals surface area (Å²) in [5, 5.41) is 0.714. The molecule has 0 atom stereocenters. The molecule has 0 amide bonds. The molecule has 0 aliphatic heterocycles. The molecule has 0 radical (unpaired) electrons. The third-order valence-electron chi connectivity index (χ3n) is 2.99. The Bertz CT molecular complexity index is 789. The Hall–Kier alpha value is -1.10. The van der Waals surface area contributed by atoms with Crippen molar-refractivity contribution in [2.45, 2.75) is 6.54 Å². The molecule has 3 rings (SSSR count). The first kappa shape index (κ1) is 12.9. The third-order valence-corrected chi connectivity index (χ3v) is 4.08. The molecule has 3 aromatic rings. The van der Waals surface area contributed by atoms with Crippen LogP contribution < -0.4 is 0 Å². The van der Waals surface area contributed by atoms with Crippen LogP contribution in [-0.2, 0) is 6.54 Å². The maximum Gasteiger partial charge on any atom is 0.178 e. The van der Waals surface area contributed by atoms with E-state index in [2.05, 4.69) is 37.6 Å². The fraction of sp³-hybridized carbons (Fsp3) is 0.0714. The summed E-state index contributed by atoms with van der Waals surface area (Å²) >= 11 is 14.9. The zero-order chi connectivity index (χ0) is 13.4. The van der Waals surface area contributed by atoms with E-state index < -0.39 is 0 Å². The van der Waals surface area contributed by atoms with E-state index in [0.717, 1.165) is 22.1 Å². The number of imidazole rings is 1. The van der Waals surface area contributed by atoms with Crippen molar-refractivity contribution in [3.63, 3.8) is 0 Å². The van der Waals surface area contributed by atoms with Gasteiger partial charge in [0.1, 0.15) is 0 Å². The monoisotopic (exact) mass is 352 g/mol. The first-order valence-electron chi connectivity index (χ1n) is 5.76. The molecule has 1 N–H and O–H groups in total. The minimum absolute atomic E-state index is 0.709. The number of hydrogen-bond donors (Lipinski definition) is 1. The van der Waals surface area contributed by atoms with E-state index in [1.54, 1.807) is 0 Å². The van der Waals surface area contributed by atoms with Crippen molar-refractivity contribution in [1.82, 2.24) is 9.55 Å². The van der Waals surface area contributed by atoms with Gasteiger partial charge in [-0.05, 0) is 48.1 Å². The van der Waals surface area contributed by atoms with Gasteiger partial charge in [0.25, 0.3) is 0 Å². The first-order valence-corrected chi connectivity index (χ1v) is 7.34. The molecule has 0 unspecified atom stereocenters. The Morgan fingerprint density at radius 1 is 1.16 bits per heavy atom. The van der Waals surface area contributed by atoms with Crippen molar-refractivity contribution in [1.29, 1.82) is 0 Å². The molecular formula is C14H10BrClN2S. The highest BCUT2D eigenvalue weighted by Gasteiger charge is 2.05. The van der Waals surface area contributed by atoms with Crippen LogP contribution in [0, 0.1) is 4.77 Å². The maximum absolute atomic E-state index is 6.06. The normalized spacial score (nSPS) is 11.1. The number of nitrogens with zero attached hydrogens (tertiary/aromatic N) is 1. The standard InChI is InChI=1S/C14H10BrClN2S/c15-10-3-1-9(2-4-10)8-18-13-7-11(16)5-6-12(13)17-14(18)19/h1-7H,8H2,(H,17,19). The molecule has 0 saturated carbocycles. The van der Waals surface area contributed by atoms with Crippen LogP contribution in [0.1, 0.15) is 5.56 Å². The molecule has 0 fully saturated rings. The van der Waals surface area contributed by atoms with E-state index in [9.17, 15) is 0 Å². The summed E-state index contributed by atoms with van der Waals surface area (Å²) < 4.78 is 3.83. The highest BCUT2D eigenvalue weighted by atomic mass is 79.9. The maximum atomic E-state index is 6.06. The summed E-state index contributed by atoms with van der Waals surface area (Å²) in [6.45, 7) is 0.729. The zero-order valence-corrected chi connectivity index (χ0v) is 13.0. The number of rotatable bonds is 2. The Labute approximate surface area is 129 Å². The summed E-state index contributed by atoms with van der Waals surface area (Å²) in [6.07, 6.45) is 0. The Kier molecular flexibility index (Phi) is 3.48. The van der Waals surface area contributed by atoms with Crippen molar-refractivity contribution in [2.75, 3.05) is 0 Å². The number of aromatic nitrogens is 2. The molecule has 0 spiro atoms. The lowest BCUT2D eigenvalue weighted by Crippen LogP contribution is -1.99. The van der Waals surface area contributed by atoms with Crippen LogP contribution in [0.15, 0.2) is 46.9 Å². The van der Waals surface area contributed by atoms with Gasteiger partial charge in [-0.15, -0.1) is 0 Å². The minimum atomic E-state index is 0.709. The summed E-state index contributed by atoms with van der Waals surface area (Å²) in [7, 11) is 0. The second kappa shape index (κ2) is 5.12. The average molecular weight is 354 g/mol. The van der Waals surface area contributed by atoms with Gasteiger partial charge in [-0.3, -0.25) is 0 Å². The van der Waals surface area contributed by atoms with Crippen LogP contribution >= 0.6 is 39.7 Å². The summed E-state index contributed by atoms with van der Waals surface area (Å²) in [5.41, 5.74) is 3.23. The van der Waals surface area contributed by atoms with Crippen molar-refractivity contribution in [2.24, 2.45) is 0 Å². The molecular weight excluding hydrogens is 344 g/mol. The van der Waals surface area contributed by atoms with Crippen LogP contribution in [-0.4, -0.2) is 9.55 Å². The van der Waals surface area contributed by atoms with Crippen LogP contribution in [0.5, 0.6) is 0 Å². The predicted octanol–water partition coefficient (Wildman–Crippen LogP) is 5.16. The highest BCUT2D eigenvalue weighted by Crippen LogP contribution is 2.21. The fourth-order valence-electron chi connectivity index (χ4n) is 2.06. The molecule has 1 aromatic heterocycles. The number of hydrogen-bond acceptors (Lipinski definition) is 1. The lowest BCUT2D eigenvalue weighted by atomic mass is 10.2. The summed E-state index contributed by atoms with van der Waals surface area (Å²) in [6, 6.07) is 14.0. The van der Waals surface area contributed by atoms with Crippen LogP contribution in [0.2, 0.25) is 5.02 Å². The van der Waals surface area contributed by atoms with E-state index in [4.69, 9.17) is 23.8 Å². The zero-order valence-electron chi connectivity index (χ0n) is 9.86.